The Morgan fingerprint density at radius 1 is 0.966 bits per heavy atom. The molecule has 29 heavy (non-hydrogen) atoms. The third-order valence-electron chi connectivity index (χ3n) is 5.84. The number of fused-ring (bicyclic) bond motifs is 1. The Labute approximate surface area is 170 Å². The molecule has 3 aromatic heterocycles. The van der Waals surface area contributed by atoms with E-state index >= 15 is 0 Å². The van der Waals surface area contributed by atoms with Crippen LogP contribution in [-0.2, 0) is 6.54 Å². The fourth-order valence-corrected chi connectivity index (χ4v) is 4.21. The number of piperidine rings is 1. The standard InChI is InChI=1S/C23H26N6/c1-17-20-22(27-23(25-17)28-14-5-6-15-28)29(16-11-18-9-12-24-13-10-18)21(26-20)19-7-3-2-4-8-19/h2-8,14-15,18,24H,9-13,16H2,1H3. The first-order valence-electron chi connectivity index (χ1n) is 10.4. The molecule has 1 aliphatic heterocycles. The van der Waals surface area contributed by atoms with Crippen molar-refractivity contribution in [2.24, 2.45) is 5.92 Å². The van der Waals surface area contributed by atoms with Gasteiger partial charge in [0.15, 0.2) is 5.65 Å². The number of hydrogen-bond acceptors (Lipinski definition) is 4. The predicted octanol–water partition coefficient (Wildman–Crippen LogP) is 3.98. The lowest BCUT2D eigenvalue weighted by Gasteiger charge is -2.23. The molecule has 0 radical (unpaired) electrons. The van der Waals surface area contributed by atoms with Gasteiger partial charge in [0.1, 0.15) is 11.3 Å². The van der Waals surface area contributed by atoms with Crippen molar-refractivity contribution >= 4 is 11.2 Å². The lowest BCUT2D eigenvalue weighted by atomic mass is 9.95. The van der Waals surface area contributed by atoms with E-state index in [1.54, 1.807) is 0 Å². The SMILES string of the molecule is Cc1nc(-n2cccc2)nc2c1nc(-c1ccccc1)n2CCC1CCNCC1. The molecule has 1 N–H and O–H groups in total. The maximum Gasteiger partial charge on any atom is 0.235 e. The number of aryl methyl sites for hydroxylation is 2. The number of nitrogens with zero attached hydrogens (tertiary/aromatic N) is 5. The van der Waals surface area contributed by atoms with Crippen LogP contribution in [0.25, 0.3) is 28.5 Å². The van der Waals surface area contributed by atoms with Crippen molar-refractivity contribution in [1.82, 2.24) is 29.4 Å². The van der Waals surface area contributed by atoms with E-state index in [-0.39, 0.29) is 0 Å². The van der Waals surface area contributed by atoms with E-state index < -0.39 is 0 Å². The molecular formula is C23H26N6. The zero-order valence-corrected chi connectivity index (χ0v) is 16.8. The molecule has 1 aromatic carbocycles. The lowest BCUT2D eigenvalue weighted by Crippen LogP contribution is -2.28. The van der Waals surface area contributed by atoms with Gasteiger partial charge < -0.3 is 9.88 Å². The first kappa shape index (κ1) is 18.1. The second-order valence-electron chi connectivity index (χ2n) is 7.81. The highest BCUT2D eigenvalue weighted by molar-refractivity contribution is 5.79. The molecule has 0 atom stereocenters. The first-order valence-corrected chi connectivity index (χ1v) is 10.4. The molecule has 1 aliphatic rings. The van der Waals surface area contributed by atoms with Crippen LogP contribution < -0.4 is 5.32 Å². The van der Waals surface area contributed by atoms with Crippen LogP contribution in [0.4, 0.5) is 0 Å². The Kier molecular flexibility index (Phi) is 4.86. The Morgan fingerprint density at radius 3 is 2.48 bits per heavy atom. The predicted molar refractivity (Wildman–Crippen MR) is 115 cm³/mol. The van der Waals surface area contributed by atoms with Crippen LogP contribution in [-0.4, -0.2) is 37.2 Å². The topological polar surface area (TPSA) is 60.6 Å². The zero-order valence-electron chi connectivity index (χ0n) is 16.8. The summed E-state index contributed by atoms with van der Waals surface area (Å²) in [6.07, 6.45) is 7.60. The molecular weight excluding hydrogens is 360 g/mol. The molecule has 1 fully saturated rings. The molecule has 1 saturated heterocycles. The summed E-state index contributed by atoms with van der Waals surface area (Å²) in [5, 5.41) is 3.46. The molecule has 148 valence electrons. The van der Waals surface area contributed by atoms with Gasteiger partial charge in [-0.15, -0.1) is 0 Å². The highest BCUT2D eigenvalue weighted by atomic mass is 15.2. The maximum absolute atomic E-state index is 4.98. The monoisotopic (exact) mass is 386 g/mol. The third kappa shape index (κ3) is 3.56. The molecule has 0 spiro atoms. The van der Waals surface area contributed by atoms with E-state index in [1.807, 2.05) is 42.1 Å². The van der Waals surface area contributed by atoms with Gasteiger partial charge >= 0.3 is 0 Å². The van der Waals surface area contributed by atoms with Crippen LogP contribution in [0.5, 0.6) is 0 Å². The van der Waals surface area contributed by atoms with Crippen molar-refractivity contribution in [3.63, 3.8) is 0 Å². The van der Waals surface area contributed by atoms with Gasteiger partial charge in [0.2, 0.25) is 5.95 Å². The van der Waals surface area contributed by atoms with Gasteiger partial charge in [0, 0.05) is 24.5 Å². The molecule has 4 aromatic rings. The Hall–Kier alpha value is -2.99. The van der Waals surface area contributed by atoms with E-state index in [1.165, 1.54) is 12.8 Å². The smallest absolute Gasteiger partial charge is 0.235 e. The number of imidazole rings is 1. The van der Waals surface area contributed by atoms with E-state index in [4.69, 9.17) is 15.0 Å². The lowest BCUT2D eigenvalue weighted by molar-refractivity contribution is 0.339. The number of benzene rings is 1. The minimum absolute atomic E-state index is 0.697. The van der Waals surface area contributed by atoms with E-state index in [0.717, 1.165) is 60.2 Å². The second-order valence-corrected chi connectivity index (χ2v) is 7.81. The molecule has 5 rings (SSSR count). The largest absolute Gasteiger partial charge is 0.317 e. The average molecular weight is 387 g/mol. The van der Waals surface area contributed by atoms with Gasteiger partial charge in [-0.05, 0) is 57.3 Å². The second kappa shape index (κ2) is 7.79. The van der Waals surface area contributed by atoms with E-state index in [9.17, 15) is 0 Å². The molecule has 0 aliphatic carbocycles. The average Bonchev–Trinajstić information content (AvgIpc) is 3.42. The summed E-state index contributed by atoms with van der Waals surface area (Å²) in [5.41, 5.74) is 3.85. The van der Waals surface area contributed by atoms with E-state index in [2.05, 4.69) is 34.1 Å². The van der Waals surface area contributed by atoms with Gasteiger partial charge in [-0.25, -0.2) is 9.97 Å². The highest BCUT2D eigenvalue weighted by Crippen LogP contribution is 2.27. The van der Waals surface area contributed by atoms with Crippen molar-refractivity contribution in [1.29, 1.82) is 0 Å². The quantitative estimate of drug-likeness (QED) is 0.564. The highest BCUT2D eigenvalue weighted by Gasteiger charge is 2.20. The minimum Gasteiger partial charge on any atom is -0.317 e. The molecule has 6 heteroatoms. The first-order chi connectivity index (χ1) is 14.3. The van der Waals surface area contributed by atoms with Crippen LogP contribution in [0, 0.1) is 12.8 Å². The van der Waals surface area contributed by atoms with Gasteiger partial charge in [0.25, 0.3) is 0 Å². The van der Waals surface area contributed by atoms with Crippen LogP contribution in [0.3, 0.4) is 0 Å². The number of rotatable bonds is 5. The normalized spacial score (nSPS) is 15.2. The molecule has 0 amide bonds. The van der Waals surface area contributed by atoms with Crippen LogP contribution in [0.1, 0.15) is 25.0 Å². The summed E-state index contributed by atoms with van der Waals surface area (Å²) in [6.45, 7) is 5.20. The van der Waals surface area contributed by atoms with Crippen molar-refractivity contribution in [3.8, 4) is 17.3 Å². The molecule has 0 bridgehead atoms. The summed E-state index contributed by atoms with van der Waals surface area (Å²) >= 11 is 0. The molecule has 0 saturated carbocycles. The van der Waals surface area contributed by atoms with E-state index in [0.29, 0.717) is 5.95 Å². The van der Waals surface area contributed by atoms with Crippen molar-refractivity contribution in [2.75, 3.05) is 13.1 Å². The third-order valence-corrected chi connectivity index (χ3v) is 5.84. The van der Waals surface area contributed by atoms with Gasteiger partial charge in [0.05, 0.1) is 5.69 Å². The van der Waals surface area contributed by atoms with Crippen LogP contribution >= 0.6 is 0 Å². The van der Waals surface area contributed by atoms with Crippen LogP contribution in [0.2, 0.25) is 0 Å². The summed E-state index contributed by atoms with van der Waals surface area (Å²) < 4.78 is 4.26. The zero-order chi connectivity index (χ0) is 19.6. The van der Waals surface area contributed by atoms with Crippen molar-refractivity contribution in [2.45, 2.75) is 32.7 Å². The summed E-state index contributed by atoms with van der Waals surface area (Å²) in [5.74, 6) is 2.43. The molecule has 0 unspecified atom stereocenters. The summed E-state index contributed by atoms with van der Waals surface area (Å²) in [4.78, 5) is 14.6. The Morgan fingerprint density at radius 2 is 1.72 bits per heavy atom. The fraction of sp³-hybridized carbons (Fsp3) is 0.348. The van der Waals surface area contributed by atoms with Gasteiger partial charge in [-0.1, -0.05) is 30.3 Å². The number of nitrogens with one attached hydrogen (secondary N) is 1. The van der Waals surface area contributed by atoms with Gasteiger partial charge in [-0.3, -0.25) is 4.57 Å². The fourth-order valence-electron chi connectivity index (χ4n) is 4.21. The van der Waals surface area contributed by atoms with Crippen molar-refractivity contribution in [3.05, 3.63) is 60.6 Å². The Bertz CT molecular complexity index is 1090. The summed E-state index contributed by atoms with van der Waals surface area (Å²) in [6, 6.07) is 14.4. The number of aromatic nitrogens is 5. The van der Waals surface area contributed by atoms with Crippen molar-refractivity contribution < 1.29 is 0 Å². The maximum atomic E-state index is 4.98. The van der Waals surface area contributed by atoms with Gasteiger partial charge in [-0.2, -0.15) is 4.98 Å². The number of hydrogen-bond donors (Lipinski definition) is 1. The Balaban J connectivity index is 1.61. The minimum atomic E-state index is 0.697. The summed E-state index contributed by atoms with van der Waals surface area (Å²) in [7, 11) is 0. The molecule has 6 nitrogen and oxygen atoms in total. The van der Waals surface area contributed by atoms with Crippen LogP contribution in [0.15, 0.2) is 54.9 Å². The molecule has 4 heterocycles.